The van der Waals surface area contributed by atoms with Crippen LogP contribution >= 0.6 is 11.6 Å². The number of nitrogens with two attached hydrogens (primary N) is 1. The van der Waals surface area contributed by atoms with Crippen LogP contribution in [0.4, 0.5) is 5.69 Å². The molecule has 18 heavy (non-hydrogen) atoms. The van der Waals surface area contributed by atoms with Gasteiger partial charge in [0.05, 0.1) is 16.3 Å². The van der Waals surface area contributed by atoms with Crippen LogP contribution in [0.15, 0.2) is 18.2 Å². The van der Waals surface area contributed by atoms with E-state index in [4.69, 9.17) is 22.1 Å². The second-order valence-electron chi connectivity index (χ2n) is 3.65. The van der Waals surface area contributed by atoms with Gasteiger partial charge in [0.1, 0.15) is 0 Å². The first kappa shape index (κ1) is 14.3. The summed E-state index contributed by atoms with van der Waals surface area (Å²) in [6.07, 6.45) is -0.880. The van der Waals surface area contributed by atoms with Crippen LogP contribution in [0.3, 0.4) is 0 Å². The summed E-state index contributed by atoms with van der Waals surface area (Å²) in [4.78, 5) is 23.2. The lowest BCUT2D eigenvalue weighted by Gasteiger charge is -2.13. The van der Waals surface area contributed by atoms with Crippen molar-refractivity contribution in [1.82, 2.24) is 5.32 Å². The highest BCUT2D eigenvalue weighted by atomic mass is 35.5. The van der Waals surface area contributed by atoms with Crippen molar-refractivity contribution in [2.45, 2.75) is 20.0 Å². The quantitative estimate of drug-likeness (QED) is 0.643. The third-order valence-electron chi connectivity index (χ3n) is 2.25. The number of ether oxygens (including phenoxy) is 1. The molecule has 1 unspecified atom stereocenters. The molecule has 98 valence electrons. The van der Waals surface area contributed by atoms with Crippen molar-refractivity contribution in [2.75, 3.05) is 12.3 Å². The van der Waals surface area contributed by atoms with Crippen LogP contribution in [0.2, 0.25) is 5.02 Å². The zero-order valence-electron chi connectivity index (χ0n) is 10.2. The smallest absolute Gasteiger partial charge is 0.340 e. The molecule has 1 atom stereocenters. The molecule has 5 nitrogen and oxygen atoms in total. The minimum absolute atomic E-state index is 0.130. The molecule has 0 saturated heterocycles. The molecular weight excluding hydrogens is 256 g/mol. The van der Waals surface area contributed by atoms with E-state index in [1.54, 1.807) is 19.1 Å². The lowest BCUT2D eigenvalue weighted by molar-refractivity contribution is -0.128. The molecule has 6 heteroatoms. The maximum absolute atomic E-state index is 11.8. The fourth-order valence-corrected chi connectivity index (χ4v) is 1.51. The molecule has 1 aromatic rings. The molecule has 0 aliphatic carbocycles. The first-order valence-electron chi connectivity index (χ1n) is 5.50. The number of amides is 1. The Hall–Kier alpha value is -1.75. The van der Waals surface area contributed by atoms with Crippen molar-refractivity contribution >= 4 is 29.2 Å². The number of hydrogen-bond donors (Lipinski definition) is 2. The number of rotatable bonds is 4. The molecule has 3 N–H and O–H groups in total. The molecule has 1 rings (SSSR count). The summed E-state index contributed by atoms with van der Waals surface area (Å²) >= 11 is 5.89. The summed E-state index contributed by atoms with van der Waals surface area (Å²) in [5.74, 6) is -1.03. The molecule has 0 fully saturated rings. The maximum Gasteiger partial charge on any atom is 0.340 e. The molecular formula is C12H15ClN2O3. The number of likely N-dealkylation sites (N-methyl/N-ethyl adjacent to an activating group) is 1. The van der Waals surface area contributed by atoms with Crippen molar-refractivity contribution in [2.24, 2.45) is 0 Å². The standard InChI is InChI=1S/C12H15ClN2O3/c1-3-15-11(16)7(2)18-12(17)8-5-4-6-9(14)10(8)13/h4-7H,3,14H2,1-2H3,(H,15,16). The molecule has 1 aromatic carbocycles. The van der Waals surface area contributed by atoms with Gasteiger partial charge >= 0.3 is 5.97 Å². The predicted molar refractivity (Wildman–Crippen MR) is 69.4 cm³/mol. The minimum Gasteiger partial charge on any atom is -0.449 e. The Labute approximate surface area is 110 Å². The topological polar surface area (TPSA) is 81.4 Å². The fraction of sp³-hybridized carbons (Fsp3) is 0.333. The van der Waals surface area contributed by atoms with Crippen LogP contribution in [-0.2, 0) is 9.53 Å². The number of carbonyl (C=O) groups excluding carboxylic acids is 2. The number of halogens is 1. The van der Waals surface area contributed by atoms with Gasteiger partial charge in [0.2, 0.25) is 0 Å². The van der Waals surface area contributed by atoms with Crippen LogP contribution in [0, 0.1) is 0 Å². The minimum atomic E-state index is -0.880. The molecule has 0 bridgehead atoms. The normalized spacial score (nSPS) is 11.7. The molecule has 0 spiro atoms. The second-order valence-corrected chi connectivity index (χ2v) is 4.03. The number of hydrogen-bond acceptors (Lipinski definition) is 4. The fourth-order valence-electron chi connectivity index (χ4n) is 1.30. The van der Waals surface area contributed by atoms with Gasteiger partial charge in [0.15, 0.2) is 6.10 Å². The van der Waals surface area contributed by atoms with Gasteiger partial charge in [-0.1, -0.05) is 17.7 Å². The number of nitrogens with one attached hydrogen (secondary N) is 1. The Morgan fingerprint density at radius 2 is 2.17 bits per heavy atom. The number of nitrogen functional groups attached to an aromatic ring is 1. The number of anilines is 1. The summed E-state index contributed by atoms with van der Waals surface area (Å²) in [6, 6.07) is 4.66. The van der Waals surface area contributed by atoms with Crippen LogP contribution < -0.4 is 11.1 Å². The zero-order valence-corrected chi connectivity index (χ0v) is 11.0. The highest BCUT2D eigenvalue weighted by Crippen LogP contribution is 2.23. The SMILES string of the molecule is CCNC(=O)C(C)OC(=O)c1cccc(N)c1Cl. The summed E-state index contributed by atoms with van der Waals surface area (Å²) in [5.41, 5.74) is 6.01. The molecule has 0 heterocycles. The molecule has 0 aliphatic rings. The van der Waals surface area contributed by atoms with E-state index < -0.39 is 12.1 Å². The molecule has 1 amide bonds. The Bertz CT molecular complexity index is 463. The average molecular weight is 271 g/mol. The van der Waals surface area contributed by atoms with E-state index in [9.17, 15) is 9.59 Å². The number of benzene rings is 1. The highest BCUT2D eigenvalue weighted by Gasteiger charge is 2.20. The van der Waals surface area contributed by atoms with Gasteiger partial charge in [-0.25, -0.2) is 4.79 Å². The van der Waals surface area contributed by atoms with Gasteiger partial charge < -0.3 is 15.8 Å². The molecule has 0 radical (unpaired) electrons. The Balaban J connectivity index is 2.77. The zero-order chi connectivity index (χ0) is 13.7. The van der Waals surface area contributed by atoms with E-state index in [1.807, 2.05) is 0 Å². The highest BCUT2D eigenvalue weighted by molar-refractivity contribution is 6.36. The average Bonchev–Trinajstić information content (AvgIpc) is 2.32. The third-order valence-corrected chi connectivity index (χ3v) is 2.67. The Morgan fingerprint density at radius 1 is 1.50 bits per heavy atom. The van der Waals surface area contributed by atoms with Crippen LogP contribution in [0.5, 0.6) is 0 Å². The summed E-state index contributed by atoms with van der Waals surface area (Å²) < 4.78 is 5.00. The van der Waals surface area contributed by atoms with Gasteiger partial charge in [-0.05, 0) is 26.0 Å². The third kappa shape index (κ3) is 3.37. The lowest BCUT2D eigenvalue weighted by atomic mass is 10.2. The number of carbonyl (C=O) groups is 2. The van der Waals surface area contributed by atoms with Crippen molar-refractivity contribution in [3.05, 3.63) is 28.8 Å². The number of esters is 1. The van der Waals surface area contributed by atoms with E-state index in [2.05, 4.69) is 5.32 Å². The Morgan fingerprint density at radius 3 is 2.78 bits per heavy atom. The van der Waals surface area contributed by atoms with Gasteiger partial charge in [-0.3, -0.25) is 4.79 Å². The first-order valence-corrected chi connectivity index (χ1v) is 5.87. The van der Waals surface area contributed by atoms with E-state index in [0.717, 1.165) is 0 Å². The van der Waals surface area contributed by atoms with Crippen LogP contribution in [0.1, 0.15) is 24.2 Å². The van der Waals surface area contributed by atoms with Crippen LogP contribution in [-0.4, -0.2) is 24.5 Å². The first-order chi connectivity index (χ1) is 8.47. The molecule has 0 aliphatic heterocycles. The van der Waals surface area contributed by atoms with Gasteiger partial charge in [0.25, 0.3) is 5.91 Å². The largest absolute Gasteiger partial charge is 0.449 e. The van der Waals surface area contributed by atoms with Crippen molar-refractivity contribution in [3.8, 4) is 0 Å². The van der Waals surface area contributed by atoms with E-state index in [0.29, 0.717) is 6.54 Å². The second kappa shape index (κ2) is 6.26. The monoisotopic (exact) mass is 270 g/mol. The van der Waals surface area contributed by atoms with Crippen molar-refractivity contribution < 1.29 is 14.3 Å². The maximum atomic E-state index is 11.8. The predicted octanol–water partition coefficient (Wildman–Crippen LogP) is 1.60. The van der Waals surface area contributed by atoms with Gasteiger partial charge in [-0.2, -0.15) is 0 Å². The van der Waals surface area contributed by atoms with Crippen molar-refractivity contribution in [1.29, 1.82) is 0 Å². The van der Waals surface area contributed by atoms with Crippen molar-refractivity contribution in [3.63, 3.8) is 0 Å². The van der Waals surface area contributed by atoms with Gasteiger partial charge in [-0.15, -0.1) is 0 Å². The summed E-state index contributed by atoms with van der Waals surface area (Å²) in [6.45, 7) is 3.74. The van der Waals surface area contributed by atoms with E-state index >= 15 is 0 Å². The summed E-state index contributed by atoms with van der Waals surface area (Å²) in [7, 11) is 0. The van der Waals surface area contributed by atoms with Gasteiger partial charge in [0, 0.05) is 6.54 Å². The molecule has 0 saturated carbocycles. The van der Waals surface area contributed by atoms with E-state index in [-0.39, 0.29) is 22.2 Å². The summed E-state index contributed by atoms with van der Waals surface area (Å²) in [5, 5.41) is 2.68. The Kier molecular flexibility index (Phi) is 4.97. The van der Waals surface area contributed by atoms with Crippen LogP contribution in [0.25, 0.3) is 0 Å². The lowest BCUT2D eigenvalue weighted by Crippen LogP contribution is -2.35. The molecule has 0 aromatic heterocycles. The van der Waals surface area contributed by atoms with E-state index in [1.165, 1.54) is 13.0 Å².